The number of hydrogen-bond acceptors (Lipinski definition) is 6. The normalized spacial score (nSPS) is 10.2. The minimum atomic E-state index is -0.534. The van der Waals surface area contributed by atoms with Crippen LogP contribution in [-0.4, -0.2) is 21.4 Å². The average molecular weight is 309 g/mol. The van der Waals surface area contributed by atoms with Crippen LogP contribution in [-0.2, 0) is 0 Å². The number of hydrogen-bond donors (Lipinski definition) is 1. The monoisotopic (exact) mass is 308 g/mol. The Morgan fingerprint density at radius 2 is 2.24 bits per heavy atom. The Morgan fingerprint density at radius 1 is 1.48 bits per heavy atom. The van der Waals surface area contributed by atoms with Crippen molar-refractivity contribution < 1.29 is 9.66 Å². The number of rotatable bonds is 5. The van der Waals surface area contributed by atoms with Crippen molar-refractivity contribution >= 4 is 23.2 Å². The highest BCUT2D eigenvalue weighted by Gasteiger charge is 2.18. The van der Waals surface area contributed by atoms with Gasteiger partial charge in [-0.05, 0) is 19.9 Å². The quantitative estimate of drug-likeness (QED) is 0.670. The first-order chi connectivity index (χ1) is 10.0. The van der Waals surface area contributed by atoms with Crippen LogP contribution in [0.2, 0.25) is 5.02 Å². The summed E-state index contributed by atoms with van der Waals surface area (Å²) in [6, 6.07) is 4.11. The number of nitrogens with one attached hydrogen (secondary N) is 1. The zero-order chi connectivity index (χ0) is 15.4. The van der Waals surface area contributed by atoms with E-state index in [1.807, 2.05) is 6.92 Å². The fourth-order valence-electron chi connectivity index (χ4n) is 1.60. The molecule has 2 aromatic rings. The molecule has 0 amide bonds. The molecule has 2 rings (SSSR count). The van der Waals surface area contributed by atoms with Gasteiger partial charge in [-0.25, -0.2) is 4.98 Å². The molecule has 1 heterocycles. The number of aryl methyl sites for hydroxylation is 1. The molecule has 7 nitrogen and oxygen atoms in total. The van der Waals surface area contributed by atoms with E-state index in [9.17, 15) is 10.1 Å². The maximum Gasteiger partial charge on any atom is 0.311 e. The second-order valence-corrected chi connectivity index (χ2v) is 4.62. The summed E-state index contributed by atoms with van der Waals surface area (Å²) in [4.78, 5) is 18.7. The van der Waals surface area contributed by atoms with Gasteiger partial charge in [-0.15, -0.1) is 0 Å². The molecule has 0 aliphatic heterocycles. The van der Waals surface area contributed by atoms with Crippen molar-refractivity contribution in [1.82, 2.24) is 9.97 Å². The number of nitrogens with zero attached hydrogens (tertiary/aromatic N) is 3. The molecule has 110 valence electrons. The highest BCUT2D eigenvalue weighted by Crippen LogP contribution is 2.34. The molecule has 0 unspecified atom stereocenters. The molecule has 1 aromatic heterocycles. The van der Waals surface area contributed by atoms with Crippen LogP contribution in [0.4, 0.5) is 11.6 Å². The number of ether oxygens (including phenoxy) is 1. The van der Waals surface area contributed by atoms with E-state index in [1.54, 1.807) is 13.1 Å². The molecule has 0 aliphatic rings. The van der Waals surface area contributed by atoms with Gasteiger partial charge in [0.15, 0.2) is 0 Å². The lowest BCUT2D eigenvalue weighted by molar-refractivity contribution is -0.385. The number of halogens is 1. The smallest absolute Gasteiger partial charge is 0.311 e. The van der Waals surface area contributed by atoms with Crippen LogP contribution in [0.25, 0.3) is 0 Å². The van der Waals surface area contributed by atoms with Crippen molar-refractivity contribution in [1.29, 1.82) is 0 Å². The fraction of sp³-hybridized carbons (Fsp3) is 0.231. The predicted octanol–water partition coefficient (Wildman–Crippen LogP) is 3.57. The third-order valence-electron chi connectivity index (χ3n) is 2.59. The van der Waals surface area contributed by atoms with Gasteiger partial charge in [-0.1, -0.05) is 11.6 Å². The van der Waals surface area contributed by atoms with Gasteiger partial charge in [0.1, 0.15) is 0 Å². The maximum absolute atomic E-state index is 11.0. The lowest BCUT2D eigenvalue weighted by Gasteiger charge is -2.09. The van der Waals surface area contributed by atoms with Crippen LogP contribution >= 0.6 is 11.6 Å². The topological polar surface area (TPSA) is 90.2 Å². The van der Waals surface area contributed by atoms with Gasteiger partial charge in [0.05, 0.1) is 4.92 Å². The molecule has 0 saturated heterocycles. The first-order valence-electron chi connectivity index (χ1n) is 6.20. The standard InChI is InChI=1S/C13H13ClN4O3/c1-3-15-13-16-7-8(2)12(17-13)21-11-6-9(14)4-5-10(11)18(19)20/h4-7H,3H2,1-2H3,(H,15,16,17). The zero-order valence-electron chi connectivity index (χ0n) is 11.5. The van der Waals surface area contributed by atoms with E-state index in [0.717, 1.165) is 0 Å². The molecule has 0 radical (unpaired) electrons. The molecular formula is C13H13ClN4O3. The maximum atomic E-state index is 11.0. The minimum Gasteiger partial charge on any atom is -0.431 e. The van der Waals surface area contributed by atoms with E-state index in [1.165, 1.54) is 18.2 Å². The highest BCUT2D eigenvalue weighted by atomic mass is 35.5. The number of nitro groups is 1. The second-order valence-electron chi connectivity index (χ2n) is 4.18. The summed E-state index contributed by atoms with van der Waals surface area (Å²) < 4.78 is 5.55. The summed E-state index contributed by atoms with van der Waals surface area (Å²) in [6.45, 7) is 4.31. The Kier molecular flexibility index (Phi) is 4.54. The van der Waals surface area contributed by atoms with E-state index in [0.29, 0.717) is 23.1 Å². The lowest BCUT2D eigenvalue weighted by Crippen LogP contribution is -2.04. The van der Waals surface area contributed by atoms with E-state index in [4.69, 9.17) is 16.3 Å². The van der Waals surface area contributed by atoms with Crippen LogP contribution in [0.3, 0.4) is 0 Å². The molecule has 1 N–H and O–H groups in total. The highest BCUT2D eigenvalue weighted by molar-refractivity contribution is 6.30. The predicted molar refractivity (Wildman–Crippen MR) is 79.1 cm³/mol. The first-order valence-corrected chi connectivity index (χ1v) is 6.58. The van der Waals surface area contributed by atoms with Gasteiger partial charge in [0.2, 0.25) is 17.6 Å². The molecule has 0 aliphatic carbocycles. The fourth-order valence-corrected chi connectivity index (χ4v) is 1.76. The molecule has 8 heteroatoms. The molecule has 0 saturated carbocycles. The van der Waals surface area contributed by atoms with Crippen LogP contribution in [0.15, 0.2) is 24.4 Å². The van der Waals surface area contributed by atoms with Crippen molar-refractivity contribution in [3.63, 3.8) is 0 Å². The number of nitro benzene ring substituents is 1. The molecule has 0 spiro atoms. The molecule has 1 aromatic carbocycles. The molecular weight excluding hydrogens is 296 g/mol. The van der Waals surface area contributed by atoms with Crippen LogP contribution in [0, 0.1) is 17.0 Å². The molecule has 21 heavy (non-hydrogen) atoms. The van der Waals surface area contributed by atoms with E-state index < -0.39 is 4.92 Å². The van der Waals surface area contributed by atoms with E-state index in [-0.39, 0.29) is 17.3 Å². The Balaban J connectivity index is 2.39. The summed E-state index contributed by atoms with van der Waals surface area (Å²) in [5.41, 5.74) is 0.480. The van der Waals surface area contributed by atoms with Crippen molar-refractivity contribution in [3.8, 4) is 11.6 Å². The largest absolute Gasteiger partial charge is 0.431 e. The van der Waals surface area contributed by atoms with E-state index >= 15 is 0 Å². The van der Waals surface area contributed by atoms with Crippen LogP contribution < -0.4 is 10.1 Å². The van der Waals surface area contributed by atoms with Gasteiger partial charge < -0.3 is 10.1 Å². The number of benzene rings is 1. The third kappa shape index (κ3) is 3.57. The van der Waals surface area contributed by atoms with Gasteiger partial charge in [-0.2, -0.15) is 4.98 Å². The zero-order valence-corrected chi connectivity index (χ0v) is 12.2. The van der Waals surface area contributed by atoms with Gasteiger partial charge in [0.25, 0.3) is 0 Å². The lowest BCUT2D eigenvalue weighted by atomic mass is 10.3. The van der Waals surface area contributed by atoms with Crippen molar-refractivity contribution in [2.45, 2.75) is 13.8 Å². The van der Waals surface area contributed by atoms with Crippen molar-refractivity contribution in [2.24, 2.45) is 0 Å². The van der Waals surface area contributed by atoms with Gasteiger partial charge in [0, 0.05) is 35.5 Å². The summed E-state index contributed by atoms with van der Waals surface area (Å²) >= 11 is 5.86. The second kappa shape index (κ2) is 6.36. The van der Waals surface area contributed by atoms with Gasteiger partial charge in [-0.3, -0.25) is 10.1 Å². The molecule has 0 atom stereocenters. The number of anilines is 1. The Hall–Kier alpha value is -2.41. The SMILES string of the molecule is CCNc1ncc(C)c(Oc2cc(Cl)ccc2[N+](=O)[O-])n1. The summed E-state index contributed by atoms with van der Waals surface area (Å²) in [6.07, 6.45) is 1.58. The minimum absolute atomic E-state index is 0.0387. The van der Waals surface area contributed by atoms with Crippen molar-refractivity contribution in [2.75, 3.05) is 11.9 Å². The molecule has 0 bridgehead atoms. The van der Waals surface area contributed by atoms with Crippen molar-refractivity contribution in [3.05, 3.63) is 45.1 Å². The van der Waals surface area contributed by atoms with E-state index in [2.05, 4.69) is 15.3 Å². The Morgan fingerprint density at radius 3 is 2.90 bits per heavy atom. The Labute approximate surface area is 126 Å². The average Bonchev–Trinajstić information content (AvgIpc) is 2.42. The number of aromatic nitrogens is 2. The molecule has 0 fully saturated rings. The van der Waals surface area contributed by atoms with Crippen LogP contribution in [0.5, 0.6) is 11.6 Å². The summed E-state index contributed by atoms with van der Waals surface area (Å²) in [7, 11) is 0. The first kappa shape index (κ1) is 15.0. The third-order valence-corrected chi connectivity index (χ3v) is 2.82. The van der Waals surface area contributed by atoms with Gasteiger partial charge >= 0.3 is 5.69 Å². The van der Waals surface area contributed by atoms with Crippen LogP contribution in [0.1, 0.15) is 12.5 Å². The summed E-state index contributed by atoms with van der Waals surface area (Å²) in [5.74, 6) is 0.672. The Bertz CT molecular complexity index is 678. The summed E-state index contributed by atoms with van der Waals surface area (Å²) in [5, 5.41) is 14.3.